The van der Waals surface area contributed by atoms with Crippen molar-refractivity contribution in [1.29, 1.82) is 0 Å². The lowest BCUT2D eigenvalue weighted by atomic mass is 9.88. The van der Waals surface area contributed by atoms with Crippen LogP contribution in [0.1, 0.15) is 39.0 Å². The van der Waals surface area contributed by atoms with Crippen molar-refractivity contribution in [2.45, 2.75) is 46.6 Å². The first-order chi connectivity index (χ1) is 7.65. The highest BCUT2D eigenvalue weighted by molar-refractivity contribution is 7.09. The van der Waals surface area contributed by atoms with Crippen molar-refractivity contribution in [1.82, 2.24) is 5.32 Å². The molecule has 1 heterocycles. The van der Waals surface area contributed by atoms with Crippen LogP contribution < -0.4 is 5.32 Å². The third-order valence-electron chi connectivity index (χ3n) is 3.34. The van der Waals surface area contributed by atoms with Crippen LogP contribution in [0.15, 0.2) is 17.5 Å². The zero-order valence-electron chi connectivity index (χ0n) is 11.0. The molecule has 0 amide bonds. The predicted molar refractivity (Wildman–Crippen MR) is 74.1 cm³/mol. The molecule has 0 aliphatic carbocycles. The van der Waals surface area contributed by atoms with Crippen molar-refractivity contribution in [2.24, 2.45) is 11.8 Å². The van der Waals surface area contributed by atoms with Crippen molar-refractivity contribution in [3.05, 3.63) is 22.4 Å². The maximum Gasteiger partial charge on any atom is 0.0143 e. The van der Waals surface area contributed by atoms with Gasteiger partial charge >= 0.3 is 0 Å². The molecule has 0 saturated carbocycles. The third kappa shape index (κ3) is 4.26. The van der Waals surface area contributed by atoms with E-state index in [0.717, 1.165) is 18.4 Å². The molecular formula is C14H25NS. The second-order valence-electron chi connectivity index (χ2n) is 4.95. The molecule has 2 heteroatoms. The summed E-state index contributed by atoms with van der Waals surface area (Å²) in [6, 6.07) is 5.02. The van der Waals surface area contributed by atoms with Crippen LogP contribution in [0, 0.1) is 11.8 Å². The van der Waals surface area contributed by atoms with Crippen LogP contribution >= 0.6 is 11.3 Å². The molecular weight excluding hydrogens is 214 g/mol. The second-order valence-corrected chi connectivity index (χ2v) is 5.98. The first kappa shape index (κ1) is 13.7. The van der Waals surface area contributed by atoms with Gasteiger partial charge < -0.3 is 5.32 Å². The molecule has 2 unspecified atom stereocenters. The number of hydrogen-bond donors (Lipinski definition) is 1. The minimum Gasteiger partial charge on any atom is -0.313 e. The molecule has 0 aromatic carbocycles. The first-order valence-electron chi connectivity index (χ1n) is 6.41. The van der Waals surface area contributed by atoms with E-state index in [0.29, 0.717) is 6.04 Å². The molecule has 0 saturated heterocycles. The van der Waals surface area contributed by atoms with Gasteiger partial charge in [-0.3, -0.25) is 0 Å². The molecule has 0 bridgehead atoms. The normalized spacial score (nSPS) is 15.3. The van der Waals surface area contributed by atoms with Gasteiger partial charge in [-0.15, -0.1) is 11.3 Å². The van der Waals surface area contributed by atoms with Gasteiger partial charge in [0.05, 0.1) is 0 Å². The van der Waals surface area contributed by atoms with Gasteiger partial charge in [0, 0.05) is 10.9 Å². The lowest BCUT2D eigenvalue weighted by Gasteiger charge is -2.27. The fraction of sp³-hybridized carbons (Fsp3) is 0.714. The molecule has 2 atom stereocenters. The Balaban J connectivity index is 2.56. The van der Waals surface area contributed by atoms with Gasteiger partial charge in [-0.2, -0.15) is 0 Å². The van der Waals surface area contributed by atoms with Crippen LogP contribution in [0.2, 0.25) is 0 Å². The largest absolute Gasteiger partial charge is 0.313 e. The highest BCUT2D eigenvalue weighted by atomic mass is 32.1. The molecule has 0 aliphatic heterocycles. The Morgan fingerprint density at radius 3 is 2.56 bits per heavy atom. The Bertz CT molecular complexity index is 266. The van der Waals surface area contributed by atoms with Gasteiger partial charge in [0.25, 0.3) is 0 Å². The van der Waals surface area contributed by atoms with Gasteiger partial charge in [0.2, 0.25) is 0 Å². The van der Waals surface area contributed by atoms with Gasteiger partial charge in [-0.1, -0.05) is 33.8 Å². The Morgan fingerprint density at radius 2 is 2.06 bits per heavy atom. The maximum atomic E-state index is 3.70. The van der Waals surface area contributed by atoms with Gasteiger partial charge in [-0.25, -0.2) is 0 Å². The minimum atomic E-state index is 0.624. The van der Waals surface area contributed by atoms with Gasteiger partial charge in [0.1, 0.15) is 0 Å². The molecule has 1 rings (SSSR count). The average molecular weight is 239 g/mol. The molecule has 0 aliphatic rings. The zero-order chi connectivity index (χ0) is 12.0. The smallest absolute Gasteiger partial charge is 0.0143 e. The van der Waals surface area contributed by atoms with E-state index in [4.69, 9.17) is 0 Å². The van der Waals surface area contributed by atoms with E-state index in [1.54, 1.807) is 0 Å². The van der Waals surface area contributed by atoms with Crippen molar-refractivity contribution in [3.8, 4) is 0 Å². The summed E-state index contributed by atoms with van der Waals surface area (Å²) >= 11 is 1.87. The highest BCUT2D eigenvalue weighted by Gasteiger charge is 2.20. The van der Waals surface area contributed by atoms with Crippen LogP contribution in [0.3, 0.4) is 0 Å². The molecule has 0 radical (unpaired) electrons. The zero-order valence-corrected chi connectivity index (χ0v) is 11.8. The fourth-order valence-electron chi connectivity index (χ4n) is 1.88. The summed E-state index contributed by atoms with van der Waals surface area (Å²) in [5, 5.41) is 5.87. The Hall–Kier alpha value is -0.340. The van der Waals surface area contributed by atoms with E-state index in [-0.39, 0.29) is 0 Å². The Labute approximate surface area is 104 Å². The van der Waals surface area contributed by atoms with Crippen LogP contribution in [0.5, 0.6) is 0 Å². The third-order valence-corrected chi connectivity index (χ3v) is 4.24. The first-order valence-corrected chi connectivity index (χ1v) is 7.28. The molecule has 1 aromatic rings. The lowest BCUT2D eigenvalue weighted by molar-refractivity contribution is 0.298. The van der Waals surface area contributed by atoms with Crippen molar-refractivity contribution >= 4 is 11.3 Å². The van der Waals surface area contributed by atoms with E-state index in [1.165, 1.54) is 17.7 Å². The van der Waals surface area contributed by atoms with Crippen LogP contribution in [-0.4, -0.2) is 12.6 Å². The highest BCUT2D eigenvalue weighted by Crippen LogP contribution is 2.20. The molecule has 92 valence electrons. The fourth-order valence-corrected chi connectivity index (χ4v) is 2.65. The molecule has 1 N–H and O–H groups in total. The van der Waals surface area contributed by atoms with Crippen LogP contribution in [0.4, 0.5) is 0 Å². The van der Waals surface area contributed by atoms with E-state index >= 15 is 0 Å². The maximum absolute atomic E-state index is 3.70. The summed E-state index contributed by atoms with van der Waals surface area (Å²) in [5.74, 6) is 1.47. The van der Waals surface area contributed by atoms with Crippen LogP contribution in [0.25, 0.3) is 0 Å². The van der Waals surface area contributed by atoms with E-state index in [9.17, 15) is 0 Å². The van der Waals surface area contributed by atoms with Crippen molar-refractivity contribution in [2.75, 3.05) is 6.54 Å². The topological polar surface area (TPSA) is 12.0 Å². The summed E-state index contributed by atoms with van der Waals surface area (Å²) in [6.45, 7) is 10.4. The van der Waals surface area contributed by atoms with E-state index in [2.05, 4.69) is 50.5 Å². The monoisotopic (exact) mass is 239 g/mol. The summed E-state index contributed by atoms with van der Waals surface area (Å²) < 4.78 is 0. The minimum absolute atomic E-state index is 0.624. The molecule has 1 nitrogen and oxygen atoms in total. The molecule has 1 aromatic heterocycles. The van der Waals surface area contributed by atoms with Crippen molar-refractivity contribution < 1.29 is 0 Å². The standard InChI is InChI=1S/C14H25NS/c1-5-8-15-14(12(4)11(2)3)10-13-7-6-9-16-13/h6-7,9,11-12,14-15H,5,8,10H2,1-4H3. The average Bonchev–Trinajstić information content (AvgIpc) is 2.75. The van der Waals surface area contributed by atoms with Gasteiger partial charge in [0.15, 0.2) is 0 Å². The summed E-state index contributed by atoms with van der Waals surface area (Å²) in [6.07, 6.45) is 2.39. The van der Waals surface area contributed by atoms with E-state index in [1.807, 2.05) is 11.3 Å². The Morgan fingerprint density at radius 1 is 1.31 bits per heavy atom. The lowest BCUT2D eigenvalue weighted by Crippen LogP contribution is -2.39. The second kappa shape index (κ2) is 7.08. The number of hydrogen-bond acceptors (Lipinski definition) is 2. The summed E-state index contributed by atoms with van der Waals surface area (Å²) in [4.78, 5) is 1.50. The SMILES string of the molecule is CCCNC(Cc1cccs1)C(C)C(C)C. The Kier molecular flexibility index (Phi) is 6.07. The van der Waals surface area contributed by atoms with Crippen LogP contribution in [-0.2, 0) is 6.42 Å². The quantitative estimate of drug-likeness (QED) is 0.759. The van der Waals surface area contributed by atoms with Gasteiger partial charge in [-0.05, 0) is 42.7 Å². The van der Waals surface area contributed by atoms with E-state index < -0.39 is 0 Å². The van der Waals surface area contributed by atoms with Crippen molar-refractivity contribution in [3.63, 3.8) is 0 Å². The predicted octanol–water partition coefficient (Wildman–Crippen LogP) is 3.95. The molecule has 0 fully saturated rings. The number of nitrogens with one attached hydrogen (secondary N) is 1. The molecule has 0 spiro atoms. The summed E-state index contributed by atoms with van der Waals surface area (Å²) in [5.41, 5.74) is 0. The number of thiophene rings is 1. The summed E-state index contributed by atoms with van der Waals surface area (Å²) in [7, 11) is 0. The molecule has 16 heavy (non-hydrogen) atoms. The number of rotatable bonds is 7.